The van der Waals surface area contributed by atoms with Gasteiger partial charge in [0.25, 0.3) is 0 Å². The van der Waals surface area contributed by atoms with Crippen molar-refractivity contribution in [3.05, 3.63) is 85.1 Å². The van der Waals surface area contributed by atoms with E-state index in [2.05, 4.69) is 51.2 Å². The van der Waals surface area contributed by atoms with Crippen LogP contribution >= 0.6 is 0 Å². The van der Waals surface area contributed by atoms with Crippen molar-refractivity contribution in [2.45, 2.75) is 245 Å². The molecule has 63 heavy (non-hydrogen) atoms. The molecule has 0 heterocycles. The zero-order valence-electron chi connectivity index (χ0n) is 41.1. The minimum atomic E-state index is -0.809. The molecule has 0 aliphatic carbocycles. The molecule has 0 spiro atoms. The van der Waals surface area contributed by atoms with Crippen molar-refractivity contribution in [1.29, 1.82) is 0 Å². The van der Waals surface area contributed by atoms with Gasteiger partial charge >= 0.3 is 17.9 Å². The predicted molar refractivity (Wildman–Crippen MR) is 270 cm³/mol. The number of unbranched alkanes of at least 4 members (excludes halogenated alkanes) is 26. The highest BCUT2D eigenvalue weighted by Gasteiger charge is 2.19. The van der Waals surface area contributed by atoms with Gasteiger partial charge in [-0.1, -0.05) is 247 Å². The van der Waals surface area contributed by atoms with Gasteiger partial charge in [0.05, 0.1) is 0 Å². The highest BCUT2D eigenvalue weighted by atomic mass is 16.6. The van der Waals surface area contributed by atoms with Gasteiger partial charge in [-0.2, -0.15) is 0 Å². The summed E-state index contributed by atoms with van der Waals surface area (Å²) in [5.74, 6) is -0.990. The van der Waals surface area contributed by atoms with Crippen molar-refractivity contribution in [3.63, 3.8) is 0 Å². The monoisotopic (exact) mass is 877 g/mol. The lowest BCUT2D eigenvalue weighted by Crippen LogP contribution is -2.30. The molecule has 0 aromatic carbocycles. The zero-order chi connectivity index (χ0) is 45.8. The minimum Gasteiger partial charge on any atom is -0.462 e. The quantitative estimate of drug-likeness (QED) is 0.0262. The molecule has 360 valence electrons. The van der Waals surface area contributed by atoms with Gasteiger partial charge < -0.3 is 14.2 Å². The smallest absolute Gasteiger partial charge is 0.306 e. The van der Waals surface area contributed by atoms with E-state index in [1.54, 1.807) is 0 Å². The average molecular weight is 877 g/mol. The van der Waals surface area contributed by atoms with Crippen LogP contribution in [0.4, 0.5) is 0 Å². The SMILES string of the molecule is CC/C=C/C=C/C=C/C=C/C=C/CCCC(=O)OCC(COC(=O)CCCCCCCCCCCCCCCCCCC)OC(=O)CCCCCCCC/C=C/C=C/CCCCC. The van der Waals surface area contributed by atoms with Gasteiger partial charge in [0.1, 0.15) is 13.2 Å². The highest BCUT2D eigenvalue weighted by Crippen LogP contribution is 2.15. The Morgan fingerprint density at radius 1 is 0.333 bits per heavy atom. The third-order valence-corrected chi connectivity index (χ3v) is 11.0. The molecular formula is C57H96O6. The van der Waals surface area contributed by atoms with Crippen molar-refractivity contribution in [2.24, 2.45) is 0 Å². The summed E-state index contributed by atoms with van der Waals surface area (Å²) in [6.45, 7) is 6.40. The molecule has 0 bridgehead atoms. The minimum absolute atomic E-state index is 0.103. The van der Waals surface area contributed by atoms with Crippen LogP contribution in [0.3, 0.4) is 0 Å². The second-order valence-corrected chi connectivity index (χ2v) is 17.2. The van der Waals surface area contributed by atoms with Gasteiger partial charge in [-0.05, 0) is 57.8 Å². The van der Waals surface area contributed by atoms with Crippen molar-refractivity contribution in [1.82, 2.24) is 0 Å². The van der Waals surface area contributed by atoms with E-state index in [0.29, 0.717) is 19.3 Å². The number of esters is 3. The van der Waals surface area contributed by atoms with E-state index in [1.165, 1.54) is 128 Å². The summed E-state index contributed by atoms with van der Waals surface area (Å²) in [7, 11) is 0. The van der Waals surface area contributed by atoms with Gasteiger partial charge in [0.15, 0.2) is 6.10 Å². The molecule has 0 rings (SSSR count). The molecule has 0 fully saturated rings. The Balaban J connectivity index is 4.46. The molecule has 6 heteroatoms. The summed E-state index contributed by atoms with van der Waals surface area (Å²) >= 11 is 0. The van der Waals surface area contributed by atoms with E-state index < -0.39 is 6.10 Å². The Morgan fingerprint density at radius 2 is 0.635 bits per heavy atom. The van der Waals surface area contributed by atoms with Gasteiger partial charge in [-0.25, -0.2) is 0 Å². The first-order valence-corrected chi connectivity index (χ1v) is 26.2. The molecule has 0 saturated heterocycles. The van der Waals surface area contributed by atoms with Crippen molar-refractivity contribution in [2.75, 3.05) is 13.2 Å². The van der Waals surface area contributed by atoms with Gasteiger partial charge in [0, 0.05) is 19.3 Å². The maximum absolute atomic E-state index is 12.8. The number of allylic oxidation sites excluding steroid dienone is 14. The molecule has 0 saturated carbocycles. The molecule has 0 aliphatic heterocycles. The zero-order valence-corrected chi connectivity index (χ0v) is 41.1. The molecule has 6 nitrogen and oxygen atoms in total. The second-order valence-electron chi connectivity index (χ2n) is 17.2. The van der Waals surface area contributed by atoms with Crippen LogP contribution in [0, 0.1) is 0 Å². The topological polar surface area (TPSA) is 78.9 Å². The summed E-state index contributed by atoms with van der Waals surface area (Å²) in [5, 5.41) is 0. The Kier molecular flexibility index (Phi) is 48.5. The van der Waals surface area contributed by atoms with Crippen molar-refractivity contribution >= 4 is 17.9 Å². The second kappa shape index (κ2) is 51.2. The fourth-order valence-corrected chi connectivity index (χ4v) is 7.11. The average Bonchev–Trinajstić information content (AvgIpc) is 3.28. The molecular weight excluding hydrogens is 781 g/mol. The van der Waals surface area contributed by atoms with Gasteiger partial charge in [0.2, 0.25) is 0 Å². The van der Waals surface area contributed by atoms with E-state index in [9.17, 15) is 14.4 Å². The Bertz CT molecular complexity index is 1240. The summed E-state index contributed by atoms with van der Waals surface area (Å²) in [6, 6.07) is 0. The Labute approximate surface area is 388 Å². The fraction of sp³-hybridized carbons (Fsp3) is 0.702. The first-order chi connectivity index (χ1) is 31.0. The van der Waals surface area contributed by atoms with Gasteiger partial charge in [-0.3, -0.25) is 14.4 Å². The largest absolute Gasteiger partial charge is 0.462 e. The molecule has 0 aromatic heterocycles. The first-order valence-electron chi connectivity index (χ1n) is 26.2. The van der Waals surface area contributed by atoms with E-state index in [0.717, 1.165) is 64.2 Å². The van der Waals surface area contributed by atoms with Crippen LogP contribution in [0.15, 0.2) is 85.1 Å². The van der Waals surface area contributed by atoms with Crippen LogP contribution in [-0.2, 0) is 28.6 Å². The lowest BCUT2D eigenvalue weighted by molar-refractivity contribution is -0.167. The molecule has 0 N–H and O–H groups in total. The van der Waals surface area contributed by atoms with Crippen LogP contribution < -0.4 is 0 Å². The number of ether oxygens (including phenoxy) is 3. The number of hydrogen-bond acceptors (Lipinski definition) is 6. The summed E-state index contributed by atoms with van der Waals surface area (Å²) in [4.78, 5) is 38.0. The third kappa shape index (κ3) is 49.5. The summed E-state index contributed by atoms with van der Waals surface area (Å²) < 4.78 is 16.7. The maximum Gasteiger partial charge on any atom is 0.306 e. The molecule has 1 unspecified atom stereocenters. The van der Waals surface area contributed by atoms with Crippen LogP contribution in [0.25, 0.3) is 0 Å². The Morgan fingerprint density at radius 3 is 1.08 bits per heavy atom. The fourth-order valence-electron chi connectivity index (χ4n) is 7.11. The normalized spacial score (nSPS) is 12.7. The van der Waals surface area contributed by atoms with E-state index in [4.69, 9.17) is 14.2 Å². The maximum atomic E-state index is 12.8. The number of carbonyl (C=O) groups excluding carboxylic acids is 3. The summed E-state index contributed by atoms with van der Waals surface area (Å²) in [6.07, 6.45) is 65.7. The van der Waals surface area contributed by atoms with Crippen molar-refractivity contribution < 1.29 is 28.6 Å². The number of rotatable bonds is 46. The highest BCUT2D eigenvalue weighted by molar-refractivity contribution is 5.71. The molecule has 0 aliphatic rings. The lowest BCUT2D eigenvalue weighted by Gasteiger charge is -2.18. The van der Waals surface area contributed by atoms with Crippen LogP contribution in [0.2, 0.25) is 0 Å². The molecule has 1 atom stereocenters. The van der Waals surface area contributed by atoms with E-state index in [1.807, 2.05) is 54.7 Å². The molecule has 0 radical (unpaired) electrons. The van der Waals surface area contributed by atoms with Crippen LogP contribution in [0.1, 0.15) is 239 Å². The number of hydrogen-bond donors (Lipinski definition) is 0. The van der Waals surface area contributed by atoms with E-state index in [-0.39, 0.29) is 37.5 Å². The van der Waals surface area contributed by atoms with Crippen LogP contribution in [0.5, 0.6) is 0 Å². The standard InChI is InChI=1S/C57H96O6/c1-4-7-10-13-16-19-22-25-27-28-30-32-35-38-41-44-47-50-56(59)62-53-54(52-61-55(58)49-46-43-40-37-34-31-24-21-18-15-12-9-6-3)63-57(60)51-48-45-42-39-36-33-29-26-23-20-17-14-11-8-5-2/h9,12,15,17-18,20-21,23-24,26,31,34,37,40,54H,4-8,10-11,13-14,16,19,22,25,27-30,32-33,35-36,38-39,41-53H2,1-3H3/b12-9+,18-15+,20-17+,24-21+,26-23+,34-31+,40-37+. The molecule has 0 amide bonds. The van der Waals surface area contributed by atoms with Crippen molar-refractivity contribution in [3.8, 4) is 0 Å². The Hall–Kier alpha value is -3.41. The third-order valence-electron chi connectivity index (χ3n) is 11.0. The van der Waals surface area contributed by atoms with Crippen LogP contribution in [-0.4, -0.2) is 37.2 Å². The molecule has 0 aromatic rings. The van der Waals surface area contributed by atoms with Gasteiger partial charge in [-0.15, -0.1) is 0 Å². The predicted octanol–water partition coefficient (Wildman–Crippen LogP) is 17.2. The summed E-state index contributed by atoms with van der Waals surface area (Å²) in [5.41, 5.74) is 0. The number of carbonyl (C=O) groups is 3. The lowest BCUT2D eigenvalue weighted by atomic mass is 10.0. The van der Waals surface area contributed by atoms with E-state index >= 15 is 0 Å². The first kappa shape index (κ1) is 59.6.